The van der Waals surface area contributed by atoms with Crippen LogP contribution in [0.4, 0.5) is 11.6 Å². The van der Waals surface area contributed by atoms with E-state index < -0.39 is 0 Å². The molecular weight excluding hydrogens is 382 g/mol. The Kier molecular flexibility index (Phi) is 7.24. The molecule has 1 aromatic heterocycles. The van der Waals surface area contributed by atoms with Crippen molar-refractivity contribution >= 4 is 23.6 Å². The number of nitrogens with one attached hydrogen (secondary N) is 2. The fraction of sp³-hybridized carbons (Fsp3) is 0.409. The summed E-state index contributed by atoms with van der Waals surface area (Å²) in [6.45, 7) is 7.27. The standard InChI is InChI=1S/C22H29N5O3/c1-3-5-19-16(2)20(29)25-22(24-19)27-13-11-26(12-14-27)18-8-6-17(7-9-18)21(30)23-10-4-15-28/h3,5-9,28H,4,10-15H2,1-2H3,(H,23,30)(H,24,25,29)/b5-3-. The number of H-pyrrole nitrogens is 1. The van der Waals surface area contributed by atoms with Crippen LogP contribution in [-0.4, -0.2) is 60.3 Å². The molecule has 1 aromatic carbocycles. The number of amides is 1. The Labute approximate surface area is 176 Å². The second-order valence-electron chi connectivity index (χ2n) is 7.25. The van der Waals surface area contributed by atoms with Gasteiger partial charge in [0.25, 0.3) is 11.5 Å². The monoisotopic (exact) mass is 411 g/mol. The topological polar surface area (TPSA) is 102 Å². The molecular formula is C22H29N5O3. The second-order valence-corrected chi connectivity index (χ2v) is 7.25. The van der Waals surface area contributed by atoms with Crippen molar-refractivity contribution in [2.45, 2.75) is 20.3 Å². The third-order valence-electron chi connectivity index (χ3n) is 5.20. The van der Waals surface area contributed by atoms with Crippen LogP contribution in [0.1, 0.15) is 35.0 Å². The molecule has 0 unspecified atom stereocenters. The maximum absolute atomic E-state index is 12.2. The number of benzene rings is 1. The van der Waals surface area contributed by atoms with Gasteiger partial charge in [0.15, 0.2) is 0 Å². The molecule has 0 atom stereocenters. The van der Waals surface area contributed by atoms with Gasteiger partial charge >= 0.3 is 0 Å². The summed E-state index contributed by atoms with van der Waals surface area (Å²) in [6, 6.07) is 7.54. The van der Waals surface area contributed by atoms with Crippen molar-refractivity contribution in [1.82, 2.24) is 15.3 Å². The van der Waals surface area contributed by atoms with E-state index in [1.807, 2.05) is 43.3 Å². The van der Waals surface area contributed by atoms with Crippen LogP contribution >= 0.6 is 0 Å². The smallest absolute Gasteiger partial charge is 0.255 e. The highest BCUT2D eigenvalue weighted by Crippen LogP contribution is 2.19. The predicted molar refractivity (Wildman–Crippen MR) is 119 cm³/mol. The maximum atomic E-state index is 12.2. The number of hydrogen-bond donors (Lipinski definition) is 3. The molecule has 8 heteroatoms. The van der Waals surface area contributed by atoms with Gasteiger partial charge < -0.3 is 20.2 Å². The molecule has 30 heavy (non-hydrogen) atoms. The van der Waals surface area contributed by atoms with E-state index in [0.717, 1.165) is 31.9 Å². The molecule has 0 aliphatic carbocycles. The quantitative estimate of drug-likeness (QED) is 0.598. The molecule has 1 amide bonds. The van der Waals surface area contributed by atoms with Gasteiger partial charge in [0, 0.05) is 56.1 Å². The SMILES string of the molecule is C/C=C\c1nc(N2CCN(c3ccc(C(=O)NCCCO)cc3)CC2)[nH]c(=O)c1C. The fourth-order valence-corrected chi connectivity index (χ4v) is 3.39. The van der Waals surface area contributed by atoms with E-state index >= 15 is 0 Å². The summed E-state index contributed by atoms with van der Waals surface area (Å²) in [5.74, 6) is 0.472. The Morgan fingerprint density at radius 2 is 1.87 bits per heavy atom. The van der Waals surface area contributed by atoms with Crippen molar-refractivity contribution in [3.63, 3.8) is 0 Å². The van der Waals surface area contributed by atoms with Gasteiger partial charge in [0.1, 0.15) is 0 Å². The van der Waals surface area contributed by atoms with E-state index in [1.54, 1.807) is 6.92 Å². The number of rotatable bonds is 7. The lowest BCUT2D eigenvalue weighted by Gasteiger charge is -2.36. The number of aromatic nitrogens is 2. The number of allylic oxidation sites excluding steroid dienone is 1. The van der Waals surface area contributed by atoms with Gasteiger partial charge in [0.2, 0.25) is 5.95 Å². The van der Waals surface area contributed by atoms with E-state index in [4.69, 9.17) is 5.11 Å². The van der Waals surface area contributed by atoms with E-state index in [1.165, 1.54) is 0 Å². The summed E-state index contributed by atoms with van der Waals surface area (Å²) in [4.78, 5) is 36.1. The Hall–Kier alpha value is -3.13. The first kappa shape index (κ1) is 21.6. The molecule has 3 N–H and O–H groups in total. The van der Waals surface area contributed by atoms with E-state index in [-0.39, 0.29) is 18.1 Å². The Balaban J connectivity index is 1.62. The fourth-order valence-electron chi connectivity index (χ4n) is 3.39. The highest BCUT2D eigenvalue weighted by atomic mass is 16.3. The number of aromatic amines is 1. The molecule has 3 rings (SSSR count). The molecule has 2 heterocycles. The minimum absolute atomic E-state index is 0.0633. The molecule has 2 aromatic rings. The molecule has 1 aliphatic rings. The molecule has 0 saturated carbocycles. The summed E-state index contributed by atoms with van der Waals surface area (Å²) in [5.41, 5.74) is 2.88. The van der Waals surface area contributed by atoms with Gasteiger partial charge in [0.05, 0.1) is 5.69 Å². The van der Waals surface area contributed by atoms with Gasteiger partial charge in [-0.25, -0.2) is 4.98 Å². The van der Waals surface area contributed by atoms with Crippen LogP contribution in [0.2, 0.25) is 0 Å². The lowest BCUT2D eigenvalue weighted by Crippen LogP contribution is -2.47. The minimum Gasteiger partial charge on any atom is -0.396 e. The van der Waals surface area contributed by atoms with Crippen molar-refractivity contribution in [2.24, 2.45) is 0 Å². The lowest BCUT2D eigenvalue weighted by atomic mass is 10.1. The summed E-state index contributed by atoms with van der Waals surface area (Å²) < 4.78 is 0. The Morgan fingerprint density at radius 3 is 2.50 bits per heavy atom. The van der Waals surface area contributed by atoms with Crippen molar-refractivity contribution in [3.05, 3.63) is 57.5 Å². The third kappa shape index (κ3) is 5.07. The number of piperazine rings is 1. The number of hydrogen-bond acceptors (Lipinski definition) is 6. The van der Waals surface area contributed by atoms with Crippen LogP contribution < -0.4 is 20.7 Å². The predicted octanol–water partition coefficient (Wildman–Crippen LogP) is 1.55. The summed E-state index contributed by atoms with van der Waals surface area (Å²) in [6.07, 6.45) is 4.28. The highest BCUT2D eigenvalue weighted by Gasteiger charge is 2.20. The number of anilines is 2. The molecule has 1 fully saturated rings. The molecule has 0 bridgehead atoms. The van der Waals surface area contributed by atoms with Crippen LogP contribution in [0.15, 0.2) is 35.1 Å². The Bertz CT molecular complexity index is 944. The molecule has 8 nitrogen and oxygen atoms in total. The van der Waals surface area contributed by atoms with Crippen molar-refractivity contribution < 1.29 is 9.90 Å². The van der Waals surface area contributed by atoms with Gasteiger partial charge in [-0.1, -0.05) is 6.08 Å². The number of carbonyl (C=O) groups is 1. The average Bonchev–Trinajstić information content (AvgIpc) is 2.77. The molecule has 1 saturated heterocycles. The normalized spacial score (nSPS) is 14.4. The largest absolute Gasteiger partial charge is 0.396 e. The molecule has 0 spiro atoms. The van der Waals surface area contributed by atoms with Gasteiger partial charge in [-0.3, -0.25) is 14.6 Å². The first-order valence-electron chi connectivity index (χ1n) is 10.3. The minimum atomic E-state index is -0.133. The number of nitrogens with zero attached hydrogens (tertiary/aromatic N) is 3. The zero-order chi connectivity index (χ0) is 21.5. The van der Waals surface area contributed by atoms with Crippen LogP contribution in [0.5, 0.6) is 0 Å². The van der Waals surface area contributed by atoms with Crippen LogP contribution in [-0.2, 0) is 0 Å². The van der Waals surface area contributed by atoms with Crippen molar-refractivity contribution in [3.8, 4) is 0 Å². The van der Waals surface area contributed by atoms with E-state index in [2.05, 4.69) is 25.1 Å². The van der Waals surface area contributed by atoms with Crippen molar-refractivity contribution in [2.75, 3.05) is 49.1 Å². The highest BCUT2D eigenvalue weighted by molar-refractivity contribution is 5.94. The summed E-state index contributed by atoms with van der Waals surface area (Å²) in [5, 5.41) is 11.6. The third-order valence-corrected chi connectivity index (χ3v) is 5.20. The number of aliphatic hydroxyl groups is 1. The molecule has 160 valence electrons. The van der Waals surface area contributed by atoms with E-state index in [0.29, 0.717) is 35.7 Å². The number of aliphatic hydroxyl groups excluding tert-OH is 1. The van der Waals surface area contributed by atoms with Gasteiger partial charge in [-0.05, 0) is 50.6 Å². The second kappa shape index (κ2) is 10.1. The van der Waals surface area contributed by atoms with Gasteiger partial charge in [-0.2, -0.15) is 0 Å². The molecule has 0 radical (unpaired) electrons. The van der Waals surface area contributed by atoms with Crippen molar-refractivity contribution in [1.29, 1.82) is 0 Å². The van der Waals surface area contributed by atoms with Crippen LogP contribution in [0.3, 0.4) is 0 Å². The molecule has 1 aliphatic heterocycles. The number of carbonyl (C=O) groups excluding carboxylic acids is 1. The summed E-state index contributed by atoms with van der Waals surface area (Å²) in [7, 11) is 0. The average molecular weight is 412 g/mol. The lowest BCUT2D eigenvalue weighted by molar-refractivity contribution is 0.0951. The maximum Gasteiger partial charge on any atom is 0.255 e. The first-order valence-corrected chi connectivity index (χ1v) is 10.3. The Morgan fingerprint density at radius 1 is 1.20 bits per heavy atom. The van der Waals surface area contributed by atoms with Gasteiger partial charge in [-0.15, -0.1) is 0 Å². The first-order chi connectivity index (χ1) is 14.5. The van der Waals surface area contributed by atoms with E-state index in [9.17, 15) is 9.59 Å². The summed E-state index contributed by atoms with van der Waals surface area (Å²) >= 11 is 0. The van der Waals surface area contributed by atoms with Crippen LogP contribution in [0, 0.1) is 6.92 Å². The zero-order valence-corrected chi connectivity index (χ0v) is 17.5. The van der Waals surface area contributed by atoms with Crippen LogP contribution in [0.25, 0.3) is 6.08 Å². The zero-order valence-electron chi connectivity index (χ0n) is 17.5.